The highest BCUT2D eigenvalue weighted by atomic mass is 35.5. The molecule has 26 heavy (non-hydrogen) atoms. The monoisotopic (exact) mass is 385 g/mol. The first-order chi connectivity index (χ1) is 12.5. The lowest BCUT2D eigenvalue weighted by molar-refractivity contribution is 0.0784. The summed E-state index contributed by atoms with van der Waals surface area (Å²) in [5.41, 5.74) is 1.79. The molecular formula is C19H16ClN3O2S. The van der Waals surface area contributed by atoms with E-state index in [0.29, 0.717) is 27.7 Å². The molecule has 0 atom stereocenters. The van der Waals surface area contributed by atoms with Gasteiger partial charge in [-0.1, -0.05) is 23.7 Å². The van der Waals surface area contributed by atoms with Crippen molar-refractivity contribution in [3.8, 4) is 0 Å². The van der Waals surface area contributed by atoms with Crippen molar-refractivity contribution >= 4 is 40.4 Å². The largest absolute Gasteiger partial charge is 0.337 e. The van der Waals surface area contributed by atoms with E-state index in [-0.39, 0.29) is 11.8 Å². The fourth-order valence-corrected chi connectivity index (χ4v) is 3.19. The summed E-state index contributed by atoms with van der Waals surface area (Å²) < 4.78 is 0. The molecule has 0 saturated carbocycles. The summed E-state index contributed by atoms with van der Waals surface area (Å²) in [6.45, 7) is 0.437. The number of rotatable bonds is 5. The first kappa shape index (κ1) is 18.1. The van der Waals surface area contributed by atoms with Crippen LogP contribution in [0.5, 0.6) is 0 Å². The van der Waals surface area contributed by atoms with Gasteiger partial charge in [0.05, 0.1) is 15.6 Å². The van der Waals surface area contributed by atoms with Crippen LogP contribution in [0.25, 0.3) is 0 Å². The molecule has 2 heterocycles. The van der Waals surface area contributed by atoms with Crippen LogP contribution in [-0.4, -0.2) is 28.7 Å². The van der Waals surface area contributed by atoms with Crippen molar-refractivity contribution in [2.75, 3.05) is 12.4 Å². The van der Waals surface area contributed by atoms with Gasteiger partial charge in [-0.25, -0.2) is 0 Å². The minimum Gasteiger partial charge on any atom is -0.337 e. The molecule has 0 bridgehead atoms. The Kier molecular flexibility index (Phi) is 5.65. The van der Waals surface area contributed by atoms with E-state index in [4.69, 9.17) is 11.6 Å². The lowest BCUT2D eigenvalue weighted by atomic mass is 10.1. The number of anilines is 1. The second-order valence-electron chi connectivity index (χ2n) is 5.65. The molecule has 2 aromatic heterocycles. The van der Waals surface area contributed by atoms with E-state index in [9.17, 15) is 9.59 Å². The topological polar surface area (TPSA) is 62.3 Å². The SMILES string of the molecule is CN(Cc1cccnc1)C(=O)c1ccc(Cl)c(NC(=O)c2cccs2)c1. The number of pyridine rings is 1. The second kappa shape index (κ2) is 8.12. The normalized spacial score (nSPS) is 10.4. The zero-order chi connectivity index (χ0) is 18.5. The molecule has 7 heteroatoms. The molecule has 0 unspecified atom stereocenters. The molecule has 0 aliphatic rings. The van der Waals surface area contributed by atoms with Crippen LogP contribution < -0.4 is 5.32 Å². The number of thiophene rings is 1. The first-order valence-corrected chi connectivity index (χ1v) is 9.09. The molecule has 0 saturated heterocycles. The van der Waals surface area contributed by atoms with Crippen molar-refractivity contribution in [1.29, 1.82) is 0 Å². The summed E-state index contributed by atoms with van der Waals surface area (Å²) in [6, 6.07) is 12.1. The van der Waals surface area contributed by atoms with Crippen LogP contribution >= 0.6 is 22.9 Å². The highest BCUT2D eigenvalue weighted by molar-refractivity contribution is 7.12. The molecule has 0 spiro atoms. The smallest absolute Gasteiger partial charge is 0.265 e. The number of aromatic nitrogens is 1. The van der Waals surface area contributed by atoms with Gasteiger partial charge in [-0.2, -0.15) is 0 Å². The summed E-state index contributed by atoms with van der Waals surface area (Å²) in [5, 5.41) is 4.95. The summed E-state index contributed by atoms with van der Waals surface area (Å²) in [6.07, 6.45) is 3.41. The number of carbonyl (C=O) groups is 2. The number of nitrogens with one attached hydrogen (secondary N) is 1. The van der Waals surface area contributed by atoms with E-state index in [0.717, 1.165) is 5.56 Å². The van der Waals surface area contributed by atoms with Crippen molar-refractivity contribution < 1.29 is 9.59 Å². The highest BCUT2D eigenvalue weighted by Crippen LogP contribution is 2.25. The summed E-state index contributed by atoms with van der Waals surface area (Å²) >= 11 is 7.51. The maximum absolute atomic E-state index is 12.7. The average Bonchev–Trinajstić information content (AvgIpc) is 3.18. The highest BCUT2D eigenvalue weighted by Gasteiger charge is 2.16. The fraction of sp³-hybridized carbons (Fsp3) is 0.105. The minimum atomic E-state index is -0.254. The van der Waals surface area contributed by atoms with Crippen molar-refractivity contribution in [2.45, 2.75) is 6.54 Å². The number of benzene rings is 1. The van der Waals surface area contributed by atoms with Crippen LogP contribution in [0.3, 0.4) is 0 Å². The molecule has 2 amide bonds. The van der Waals surface area contributed by atoms with Gasteiger partial charge >= 0.3 is 0 Å². The number of amides is 2. The molecule has 0 aliphatic heterocycles. The minimum absolute atomic E-state index is 0.169. The molecular weight excluding hydrogens is 370 g/mol. The van der Waals surface area contributed by atoms with E-state index in [1.54, 1.807) is 54.7 Å². The van der Waals surface area contributed by atoms with E-state index in [1.165, 1.54) is 11.3 Å². The average molecular weight is 386 g/mol. The third kappa shape index (κ3) is 4.28. The van der Waals surface area contributed by atoms with Gasteiger partial charge < -0.3 is 10.2 Å². The van der Waals surface area contributed by atoms with Crippen LogP contribution in [0.1, 0.15) is 25.6 Å². The van der Waals surface area contributed by atoms with E-state index < -0.39 is 0 Å². The van der Waals surface area contributed by atoms with E-state index >= 15 is 0 Å². The Morgan fingerprint density at radius 1 is 1.23 bits per heavy atom. The van der Waals surface area contributed by atoms with Gasteiger partial charge in [-0.3, -0.25) is 14.6 Å². The van der Waals surface area contributed by atoms with Crippen molar-refractivity contribution in [3.05, 3.63) is 81.3 Å². The van der Waals surface area contributed by atoms with Crippen LogP contribution in [0.4, 0.5) is 5.69 Å². The zero-order valence-electron chi connectivity index (χ0n) is 14.0. The third-order valence-corrected chi connectivity index (χ3v) is 4.89. The Labute approximate surface area is 160 Å². The Balaban J connectivity index is 1.75. The first-order valence-electron chi connectivity index (χ1n) is 7.83. The molecule has 1 aromatic carbocycles. The molecule has 5 nitrogen and oxygen atoms in total. The Morgan fingerprint density at radius 3 is 2.77 bits per heavy atom. The summed E-state index contributed by atoms with van der Waals surface area (Å²) in [5.74, 6) is -0.424. The zero-order valence-corrected chi connectivity index (χ0v) is 15.6. The predicted molar refractivity (Wildman–Crippen MR) is 104 cm³/mol. The quantitative estimate of drug-likeness (QED) is 0.711. The molecule has 0 radical (unpaired) electrons. The molecule has 0 aliphatic carbocycles. The summed E-state index contributed by atoms with van der Waals surface area (Å²) in [4.78, 5) is 31.1. The number of carbonyl (C=O) groups excluding carboxylic acids is 2. The van der Waals surface area contributed by atoms with E-state index in [1.807, 2.05) is 17.5 Å². The van der Waals surface area contributed by atoms with Crippen molar-refractivity contribution in [3.63, 3.8) is 0 Å². The van der Waals surface area contributed by atoms with Crippen molar-refractivity contribution in [1.82, 2.24) is 9.88 Å². The van der Waals surface area contributed by atoms with Gasteiger partial charge in [-0.05, 0) is 41.3 Å². The van der Waals surface area contributed by atoms with Gasteiger partial charge in [0, 0.05) is 31.5 Å². The summed E-state index contributed by atoms with van der Waals surface area (Å²) in [7, 11) is 1.72. The fourth-order valence-electron chi connectivity index (χ4n) is 2.40. The van der Waals surface area contributed by atoms with Gasteiger partial charge in [0.15, 0.2) is 0 Å². The van der Waals surface area contributed by atoms with Crippen LogP contribution in [0.15, 0.2) is 60.2 Å². The Morgan fingerprint density at radius 2 is 2.08 bits per heavy atom. The molecule has 132 valence electrons. The number of halogens is 1. The van der Waals surface area contributed by atoms with Crippen molar-refractivity contribution in [2.24, 2.45) is 0 Å². The molecule has 1 N–H and O–H groups in total. The maximum Gasteiger partial charge on any atom is 0.265 e. The Bertz CT molecular complexity index is 914. The number of hydrogen-bond acceptors (Lipinski definition) is 4. The standard InChI is InChI=1S/C19H16ClN3O2S/c1-23(12-13-4-2-8-21-11-13)19(25)14-6-7-15(20)16(10-14)22-18(24)17-5-3-9-26-17/h2-11H,12H2,1H3,(H,22,24). The van der Waals surface area contributed by atoms with Gasteiger partial charge in [0.2, 0.25) is 0 Å². The molecule has 0 fully saturated rings. The number of nitrogens with zero attached hydrogens (tertiary/aromatic N) is 2. The van der Waals surface area contributed by atoms with Crippen LogP contribution in [-0.2, 0) is 6.54 Å². The van der Waals surface area contributed by atoms with Gasteiger partial charge in [0.1, 0.15) is 0 Å². The lowest BCUT2D eigenvalue weighted by Crippen LogP contribution is -2.26. The maximum atomic E-state index is 12.7. The van der Waals surface area contributed by atoms with E-state index in [2.05, 4.69) is 10.3 Å². The third-order valence-electron chi connectivity index (χ3n) is 3.70. The van der Waals surface area contributed by atoms with Crippen LogP contribution in [0.2, 0.25) is 5.02 Å². The van der Waals surface area contributed by atoms with Gasteiger partial charge in [0.25, 0.3) is 11.8 Å². The van der Waals surface area contributed by atoms with Crippen LogP contribution in [0, 0.1) is 0 Å². The second-order valence-corrected chi connectivity index (χ2v) is 7.00. The lowest BCUT2D eigenvalue weighted by Gasteiger charge is -2.18. The molecule has 3 aromatic rings. The Hall–Kier alpha value is -2.70. The van der Waals surface area contributed by atoms with Gasteiger partial charge in [-0.15, -0.1) is 11.3 Å². The predicted octanol–water partition coefficient (Wildman–Crippen LogP) is 4.32. The number of hydrogen-bond donors (Lipinski definition) is 1. The molecule has 3 rings (SSSR count).